The molecular weight excluding hydrogens is 329 g/mol. The average molecular weight is 338 g/mol. The summed E-state index contributed by atoms with van der Waals surface area (Å²) in [6.07, 6.45) is 0. The zero-order valence-electron chi connectivity index (χ0n) is 10.6. The first kappa shape index (κ1) is 14.3. The maximum absolute atomic E-state index is 12.2. The second kappa shape index (κ2) is 5.97. The van der Waals surface area contributed by atoms with Gasteiger partial charge in [0.15, 0.2) is 0 Å². The quantitative estimate of drug-likeness (QED) is 0.787. The molecule has 0 spiro atoms. The van der Waals surface area contributed by atoms with Crippen LogP contribution in [-0.4, -0.2) is 14.7 Å². The van der Waals surface area contributed by atoms with E-state index in [1.807, 2.05) is 0 Å². The summed E-state index contributed by atoms with van der Waals surface area (Å²) in [6.45, 7) is 0.269. The molecule has 0 atom stereocenters. The van der Waals surface area contributed by atoms with Crippen LogP contribution in [0.15, 0.2) is 36.4 Å². The molecule has 1 aromatic heterocycles. The molecule has 1 amide bonds. The van der Waals surface area contributed by atoms with E-state index < -0.39 is 0 Å². The summed E-state index contributed by atoms with van der Waals surface area (Å²) in [6, 6.07) is 10.4. The molecule has 0 unspecified atom stereocenters. The highest BCUT2D eigenvalue weighted by Crippen LogP contribution is 2.24. The largest absolute Gasteiger partial charge is 0.348 e. The molecule has 0 saturated carbocycles. The van der Waals surface area contributed by atoms with Gasteiger partial charge < -0.3 is 5.32 Å². The Morgan fingerprint density at radius 3 is 2.57 bits per heavy atom. The van der Waals surface area contributed by atoms with E-state index in [0.717, 1.165) is 17.2 Å². The van der Waals surface area contributed by atoms with Crippen LogP contribution in [0.4, 0.5) is 0 Å². The summed E-state index contributed by atoms with van der Waals surface area (Å²) in [5.74, 6) is -0.208. The Morgan fingerprint density at radius 1 is 1.10 bits per heavy atom. The lowest BCUT2D eigenvalue weighted by Crippen LogP contribution is -2.23. The highest BCUT2D eigenvalue weighted by Gasteiger charge is 2.10. The molecular formula is C14H9Cl2N3OS. The second-order valence-electron chi connectivity index (χ2n) is 4.35. The molecule has 3 rings (SSSR count). The first-order valence-electron chi connectivity index (χ1n) is 6.08. The molecule has 3 aromatic rings. The van der Waals surface area contributed by atoms with E-state index in [0.29, 0.717) is 26.7 Å². The van der Waals surface area contributed by atoms with Crippen molar-refractivity contribution in [3.05, 3.63) is 57.6 Å². The monoisotopic (exact) mass is 337 g/mol. The van der Waals surface area contributed by atoms with Crippen molar-refractivity contribution >= 4 is 51.9 Å². The van der Waals surface area contributed by atoms with Crippen molar-refractivity contribution in [1.82, 2.24) is 14.1 Å². The van der Waals surface area contributed by atoms with Gasteiger partial charge in [-0.25, -0.2) is 0 Å². The van der Waals surface area contributed by atoms with E-state index >= 15 is 0 Å². The Bertz CT molecular complexity index is 799. The van der Waals surface area contributed by atoms with E-state index in [-0.39, 0.29) is 12.5 Å². The number of halogens is 2. The summed E-state index contributed by atoms with van der Waals surface area (Å²) >= 11 is 13.3. The zero-order chi connectivity index (χ0) is 14.8. The molecule has 0 fully saturated rings. The van der Waals surface area contributed by atoms with Gasteiger partial charge in [0.2, 0.25) is 0 Å². The standard InChI is InChI=1S/C14H9Cl2N3OS/c15-10-2-1-3-11(16)9(10)7-17-14(20)8-4-5-12-13(6-8)19-21-18-12/h1-6H,7H2,(H,17,20). The van der Waals surface area contributed by atoms with Crippen LogP contribution in [0, 0.1) is 0 Å². The molecule has 21 heavy (non-hydrogen) atoms. The highest BCUT2D eigenvalue weighted by molar-refractivity contribution is 7.00. The Balaban J connectivity index is 1.77. The van der Waals surface area contributed by atoms with E-state index in [2.05, 4.69) is 14.1 Å². The number of benzene rings is 2. The Kier molecular flexibility index (Phi) is 4.05. The van der Waals surface area contributed by atoms with Crippen molar-refractivity contribution in [3.63, 3.8) is 0 Å². The fraction of sp³-hybridized carbons (Fsp3) is 0.0714. The lowest BCUT2D eigenvalue weighted by atomic mass is 10.1. The van der Waals surface area contributed by atoms with Crippen molar-refractivity contribution in [1.29, 1.82) is 0 Å². The third-order valence-electron chi connectivity index (χ3n) is 3.00. The molecule has 2 aromatic carbocycles. The molecule has 0 bridgehead atoms. The van der Waals surface area contributed by atoms with E-state index in [1.54, 1.807) is 36.4 Å². The fourth-order valence-electron chi connectivity index (χ4n) is 1.90. The van der Waals surface area contributed by atoms with Crippen molar-refractivity contribution in [3.8, 4) is 0 Å². The van der Waals surface area contributed by atoms with Gasteiger partial charge in [-0.1, -0.05) is 29.3 Å². The lowest BCUT2D eigenvalue weighted by molar-refractivity contribution is 0.0951. The van der Waals surface area contributed by atoms with Crippen LogP contribution < -0.4 is 5.32 Å². The van der Waals surface area contributed by atoms with Crippen LogP contribution in [0.5, 0.6) is 0 Å². The van der Waals surface area contributed by atoms with Crippen molar-refractivity contribution < 1.29 is 4.79 Å². The van der Waals surface area contributed by atoms with E-state index in [9.17, 15) is 4.79 Å². The van der Waals surface area contributed by atoms with Gasteiger partial charge in [-0.15, -0.1) is 0 Å². The number of nitrogens with one attached hydrogen (secondary N) is 1. The van der Waals surface area contributed by atoms with Gasteiger partial charge in [-0.3, -0.25) is 4.79 Å². The van der Waals surface area contributed by atoms with Gasteiger partial charge in [0, 0.05) is 27.7 Å². The van der Waals surface area contributed by atoms with Gasteiger partial charge in [0.05, 0.1) is 11.7 Å². The van der Waals surface area contributed by atoms with Crippen LogP contribution >= 0.6 is 34.9 Å². The van der Waals surface area contributed by atoms with Crippen LogP contribution in [0.1, 0.15) is 15.9 Å². The van der Waals surface area contributed by atoms with Crippen LogP contribution in [0.2, 0.25) is 10.0 Å². The molecule has 0 aliphatic rings. The average Bonchev–Trinajstić information content (AvgIpc) is 2.93. The number of hydrogen-bond donors (Lipinski definition) is 1. The van der Waals surface area contributed by atoms with Crippen LogP contribution in [0.25, 0.3) is 11.0 Å². The molecule has 4 nitrogen and oxygen atoms in total. The topological polar surface area (TPSA) is 54.9 Å². The minimum atomic E-state index is -0.208. The maximum Gasteiger partial charge on any atom is 0.251 e. The van der Waals surface area contributed by atoms with Gasteiger partial charge in [-0.05, 0) is 30.3 Å². The summed E-state index contributed by atoms with van der Waals surface area (Å²) in [4.78, 5) is 12.2. The first-order chi connectivity index (χ1) is 10.1. The summed E-state index contributed by atoms with van der Waals surface area (Å²) in [7, 11) is 0. The first-order valence-corrected chi connectivity index (χ1v) is 7.57. The SMILES string of the molecule is O=C(NCc1c(Cl)cccc1Cl)c1ccc2nsnc2c1. The Morgan fingerprint density at radius 2 is 1.81 bits per heavy atom. The lowest BCUT2D eigenvalue weighted by Gasteiger charge is -2.08. The van der Waals surface area contributed by atoms with Gasteiger partial charge in [-0.2, -0.15) is 8.75 Å². The number of carbonyl (C=O) groups is 1. The predicted octanol–water partition coefficient (Wildman–Crippen LogP) is 3.93. The van der Waals surface area contributed by atoms with E-state index in [1.165, 1.54) is 0 Å². The maximum atomic E-state index is 12.2. The van der Waals surface area contributed by atoms with Crippen LogP contribution in [-0.2, 0) is 6.54 Å². The number of nitrogens with zero attached hydrogens (tertiary/aromatic N) is 2. The normalized spacial score (nSPS) is 10.8. The van der Waals surface area contributed by atoms with Gasteiger partial charge in [0.1, 0.15) is 11.0 Å². The van der Waals surface area contributed by atoms with Crippen molar-refractivity contribution in [2.45, 2.75) is 6.54 Å². The Labute approximate surface area is 135 Å². The number of fused-ring (bicyclic) bond motifs is 1. The van der Waals surface area contributed by atoms with Crippen molar-refractivity contribution in [2.75, 3.05) is 0 Å². The summed E-state index contributed by atoms with van der Waals surface area (Å²) in [5.41, 5.74) is 2.72. The number of aromatic nitrogens is 2. The molecule has 0 aliphatic heterocycles. The van der Waals surface area contributed by atoms with Crippen LogP contribution in [0.3, 0.4) is 0 Å². The third-order valence-corrected chi connectivity index (χ3v) is 4.27. The fourth-order valence-corrected chi connectivity index (χ4v) is 2.94. The minimum Gasteiger partial charge on any atom is -0.348 e. The Hall–Kier alpha value is -1.69. The molecule has 106 valence electrons. The van der Waals surface area contributed by atoms with Crippen molar-refractivity contribution in [2.24, 2.45) is 0 Å². The highest BCUT2D eigenvalue weighted by atomic mass is 35.5. The molecule has 1 heterocycles. The second-order valence-corrected chi connectivity index (χ2v) is 5.69. The predicted molar refractivity (Wildman–Crippen MR) is 85.0 cm³/mol. The summed E-state index contributed by atoms with van der Waals surface area (Å²) in [5, 5.41) is 3.86. The number of amides is 1. The number of hydrogen-bond acceptors (Lipinski definition) is 4. The van der Waals surface area contributed by atoms with Gasteiger partial charge >= 0.3 is 0 Å². The zero-order valence-corrected chi connectivity index (χ0v) is 13.0. The molecule has 0 radical (unpaired) electrons. The summed E-state index contributed by atoms with van der Waals surface area (Å²) < 4.78 is 8.22. The van der Waals surface area contributed by atoms with E-state index in [4.69, 9.17) is 23.2 Å². The molecule has 0 aliphatic carbocycles. The molecule has 0 saturated heterocycles. The van der Waals surface area contributed by atoms with Gasteiger partial charge in [0.25, 0.3) is 5.91 Å². The number of rotatable bonds is 3. The molecule has 7 heteroatoms. The smallest absolute Gasteiger partial charge is 0.251 e. The molecule has 1 N–H and O–H groups in total. The minimum absolute atomic E-state index is 0.208. The third kappa shape index (κ3) is 3.00. The number of carbonyl (C=O) groups excluding carboxylic acids is 1.